The molecule has 2 aliphatic rings. The Labute approximate surface area is 249 Å². The lowest BCUT2D eigenvalue weighted by molar-refractivity contribution is -0.111. The van der Waals surface area contributed by atoms with E-state index in [-0.39, 0.29) is 11.9 Å². The molecule has 3 aromatic rings. The van der Waals surface area contributed by atoms with Gasteiger partial charge in [0.05, 0.1) is 46.9 Å². The lowest BCUT2D eigenvalue weighted by Gasteiger charge is -2.26. The van der Waals surface area contributed by atoms with Crippen LogP contribution in [0.15, 0.2) is 55.4 Å². The predicted molar refractivity (Wildman–Crippen MR) is 164 cm³/mol. The van der Waals surface area contributed by atoms with Crippen LogP contribution in [0.2, 0.25) is 10.0 Å². The second-order valence-electron chi connectivity index (χ2n) is 10.1. The smallest absolute Gasteiger partial charge is 0.247 e. The topological polar surface area (TPSA) is 95.1 Å². The normalized spacial score (nSPS) is 18.6. The van der Waals surface area contributed by atoms with E-state index < -0.39 is 0 Å². The fourth-order valence-electron chi connectivity index (χ4n) is 5.15. The Balaban J connectivity index is 1.44. The fraction of sp³-hybridized carbons (Fsp3) is 0.345. The van der Waals surface area contributed by atoms with Gasteiger partial charge in [-0.05, 0) is 50.4 Å². The summed E-state index contributed by atoms with van der Waals surface area (Å²) in [5.41, 5.74) is 3.13. The molecule has 0 saturated carbocycles. The standard InChI is InChI=1S/C29H33Cl2N7O3/c1-5-29(39)35-22-13-23(26(40-4)14-25(22)37-10-8-19(16-37)36(2)3)34-27-15-28(33-17-32-27)38-24(9-11-41-38)18-6-7-20(30)21(31)12-18/h5-7,12-15,17,19,24H,1,8-11,16H2,2-4H3,(H,35,39)(H,32,33,34). The third-order valence-corrected chi connectivity index (χ3v) is 8.11. The highest BCUT2D eigenvalue weighted by Crippen LogP contribution is 2.41. The number of nitrogens with one attached hydrogen (secondary N) is 2. The van der Waals surface area contributed by atoms with Crippen LogP contribution in [0.25, 0.3) is 0 Å². The Bertz CT molecular complexity index is 1440. The van der Waals surface area contributed by atoms with Crippen LogP contribution < -0.4 is 25.3 Å². The fourth-order valence-corrected chi connectivity index (χ4v) is 5.46. The van der Waals surface area contributed by atoms with Gasteiger partial charge in [-0.2, -0.15) is 0 Å². The molecule has 5 rings (SSSR count). The summed E-state index contributed by atoms with van der Waals surface area (Å²) in [4.78, 5) is 31.7. The number of hydroxylamine groups is 1. The molecule has 2 fully saturated rings. The number of likely N-dealkylation sites (N-methyl/N-ethyl adjacent to an activating group) is 1. The van der Waals surface area contributed by atoms with Crippen molar-refractivity contribution in [3.05, 3.63) is 71.0 Å². The number of methoxy groups -OCH3 is 1. The van der Waals surface area contributed by atoms with E-state index in [2.05, 4.69) is 51.1 Å². The number of aromatic nitrogens is 2. The van der Waals surface area contributed by atoms with Gasteiger partial charge in [-0.25, -0.2) is 15.0 Å². The van der Waals surface area contributed by atoms with Crippen LogP contribution in [-0.4, -0.2) is 67.7 Å². The molecule has 1 amide bonds. The number of nitrogens with zero attached hydrogens (tertiary/aromatic N) is 5. The molecule has 216 valence electrons. The highest BCUT2D eigenvalue weighted by atomic mass is 35.5. The number of hydrogen-bond donors (Lipinski definition) is 2. The zero-order chi connectivity index (χ0) is 29.1. The highest BCUT2D eigenvalue weighted by molar-refractivity contribution is 6.42. The first-order chi connectivity index (χ1) is 19.8. The number of anilines is 5. The third-order valence-electron chi connectivity index (χ3n) is 7.37. The molecular weight excluding hydrogens is 565 g/mol. The average Bonchev–Trinajstić information content (AvgIpc) is 3.66. The summed E-state index contributed by atoms with van der Waals surface area (Å²) in [6.07, 6.45) is 4.51. The van der Waals surface area contributed by atoms with Gasteiger partial charge in [-0.3, -0.25) is 9.63 Å². The molecule has 0 aliphatic carbocycles. The van der Waals surface area contributed by atoms with Crippen LogP contribution in [0, 0.1) is 0 Å². The number of benzene rings is 2. The number of halogens is 2. The molecule has 10 nitrogen and oxygen atoms in total. The van der Waals surface area contributed by atoms with Gasteiger partial charge in [0.1, 0.15) is 17.9 Å². The summed E-state index contributed by atoms with van der Waals surface area (Å²) in [7, 11) is 5.78. The first-order valence-electron chi connectivity index (χ1n) is 13.3. The van der Waals surface area contributed by atoms with E-state index in [1.165, 1.54) is 12.4 Å². The molecule has 0 bridgehead atoms. The number of carbonyl (C=O) groups excluding carboxylic acids is 1. The molecule has 0 spiro atoms. The Morgan fingerprint density at radius 1 is 1.15 bits per heavy atom. The molecule has 3 heterocycles. The van der Waals surface area contributed by atoms with Gasteiger partial charge in [-0.1, -0.05) is 35.8 Å². The van der Waals surface area contributed by atoms with Crippen LogP contribution in [0.1, 0.15) is 24.4 Å². The molecule has 0 radical (unpaired) electrons. The largest absolute Gasteiger partial charge is 0.494 e. The van der Waals surface area contributed by atoms with Crippen molar-refractivity contribution >= 4 is 57.8 Å². The lowest BCUT2D eigenvalue weighted by Crippen LogP contribution is -2.31. The summed E-state index contributed by atoms with van der Waals surface area (Å²) >= 11 is 12.4. The van der Waals surface area contributed by atoms with Crippen molar-refractivity contribution in [3.8, 4) is 5.75 Å². The first kappa shape index (κ1) is 28.9. The number of rotatable bonds is 9. The Kier molecular flexibility index (Phi) is 8.84. The van der Waals surface area contributed by atoms with Crippen molar-refractivity contribution in [2.75, 3.05) is 61.5 Å². The lowest BCUT2D eigenvalue weighted by atomic mass is 10.0. The molecular formula is C29H33Cl2N7O3. The monoisotopic (exact) mass is 597 g/mol. The Morgan fingerprint density at radius 3 is 2.68 bits per heavy atom. The zero-order valence-corrected chi connectivity index (χ0v) is 24.7. The summed E-state index contributed by atoms with van der Waals surface area (Å²) in [5.74, 6) is 1.42. The van der Waals surface area contributed by atoms with E-state index in [1.54, 1.807) is 24.3 Å². The average molecular weight is 599 g/mol. The van der Waals surface area contributed by atoms with Gasteiger partial charge in [-0.15, -0.1) is 0 Å². The van der Waals surface area contributed by atoms with Gasteiger partial charge >= 0.3 is 0 Å². The summed E-state index contributed by atoms with van der Waals surface area (Å²) in [5, 5.41) is 9.04. The molecule has 2 atom stereocenters. The SMILES string of the molecule is C=CC(=O)Nc1cc(Nc2cc(N3OCCC3c3ccc(Cl)c(Cl)c3)ncn2)c(OC)cc1N1CCC(N(C)C)C1. The molecule has 12 heteroatoms. The van der Waals surface area contributed by atoms with Crippen LogP contribution in [-0.2, 0) is 9.63 Å². The highest BCUT2D eigenvalue weighted by Gasteiger charge is 2.30. The maximum absolute atomic E-state index is 12.4. The van der Waals surface area contributed by atoms with E-state index in [9.17, 15) is 4.79 Å². The van der Waals surface area contributed by atoms with Crippen molar-refractivity contribution in [2.45, 2.75) is 24.9 Å². The molecule has 2 saturated heterocycles. The first-order valence-corrected chi connectivity index (χ1v) is 14.1. The van der Waals surface area contributed by atoms with Crippen molar-refractivity contribution in [3.63, 3.8) is 0 Å². The second kappa shape index (κ2) is 12.5. The Hall–Kier alpha value is -3.57. The zero-order valence-electron chi connectivity index (χ0n) is 23.2. The van der Waals surface area contributed by atoms with E-state index in [0.29, 0.717) is 51.5 Å². The second-order valence-corrected chi connectivity index (χ2v) is 11.0. The van der Waals surface area contributed by atoms with E-state index >= 15 is 0 Å². The summed E-state index contributed by atoms with van der Waals surface area (Å²) in [6, 6.07) is 11.5. The molecule has 2 unspecified atom stereocenters. The molecule has 2 N–H and O–H groups in total. The summed E-state index contributed by atoms with van der Waals surface area (Å²) < 4.78 is 5.77. The molecule has 1 aromatic heterocycles. The third kappa shape index (κ3) is 6.36. The van der Waals surface area contributed by atoms with E-state index in [0.717, 1.165) is 37.2 Å². The van der Waals surface area contributed by atoms with Gasteiger partial charge in [0.2, 0.25) is 5.91 Å². The number of hydrogen-bond acceptors (Lipinski definition) is 9. The van der Waals surface area contributed by atoms with Gasteiger partial charge in [0.25, 0.3) is 0 Å². The minimum Gasteiger partial charge on any atom is -0.494 e. The number of ether oxygens (including phenoxy) is 1. The predicted octanol–water partition coefficient (Wildman–Crippen LogP) is 5.68. The maximum Gasteiger partial charge on any atom is 0.247 e. The number of carbonyl (C=O) groups is 1. The quantitative estimate of drug-likeness (QED) is 0.302. The van der Waals surface area contributed by atoms with Crippen molar-refractivity contribution < 1.29 is 14.4 Å². The van der Waals surface area contributed by atoms with Gasteiger partial charge < -0.3 is 25.2 Å². The molecule has 2 aromatic carbocycles. The minimum atomic E-state index is -0.297. The minimum absolute atomic E-state index is 0.0893. The van der Waals surface area contributed by atoms with Crippen LogP contribution in [0.3, 0.4) is 0 Å². The molecule has 2 aliphatic heterocycles. The van der Waals surface area contributed by atoms with Gasteiger partial charge in [0, 0.05) is 37.7 Å². The van der Waals surface area contributed by atoms with E-state index in [4.69, 9.17) is 32.8 Å². The molecule has 41 heavy (non-hydrogen) atoms. The van der Waals surface area contributed by atoms with Crippen LogP contribution in [0.4, 0.5) is 28.7 Å². The maximum atomic E-state index is 12.4. The van der Waals surface area contributed by atoms with Crippen LogP contribution >= 0.6 is 23.2 Å². The van der Waals surface area contributed by atoms with Crippen LogP contribution in [0.5, 0.6) is 5.75 Å². The van der Waals surface area contributed by atoms with Crippen molar-refractivity contribution in [2.24, 2.45) is 0 Å². The number of amides is 1. The Morgan fingerprint density at radius 2 is 1.98 bits per heavy atom. The summed E-state index contributed by atoms with van der Waals surface area (Å²) in [6.45, 7) is 5.84. The van der Waals surface area contributed by atoms with E-state index in [1.807, 2.05) is 24.3 Å². The van der Waals surface area contributed by atoms with Crippen molar-refractivity contribution in [1.82, 2.24) is 14.9 Å². The van der Waals surface area contributed by atoms with Gasteiger partial charge in [0.15, 0.2) is 5.82 Å². The van der Waals surface area contributed by atoms with Crippen molar-refractivity contribution in [1.29, 1.82) is 0 Å².